The van der Waals surface area contributed by atoms with Gasteiger partial charge in [0.1, 0.15) is 5.76 Å². The van der Waals surface area contributed by atoms with Crippen molar-refractivity contribution in [3.05, 3.63) is 56.4 Å². The highest BCUT2D eigenvalue weighted by Crippen LogP contribution is 2.33. The molecular weight excluding hydrogens is 358 g/mol. The Hall–Kier alpha value is -0.580. The molecule has 0 spiro atoms. The molecule has 0 radical (unpaired) electrons. The lowest BCUT2D eigenvalue weighted by Gasteiger charge is -2.18. The van der Waals surface area contributed by atoms with Crippen molar-refractivity contribution in [3.8, 4) is 0 Å². The van der Waals surface area contributed by atoms with Crippen LogP contribution in [-0.2, 0) is 0 Å². The monoisotopic (exact) mass is 371 g/mol. The zero-order valence-corrected chi connectivity index (χ0v) is 13.5. The topological polar surface area (TPSA) is 25.2 Å². The SMILES string of the molecule is CCNC(c1ccc(C)cc1Br)c1occc1Br. The third-order valence-corrected chi connectivity index (χ3v) is 4.12. The molecule has 0 aliphatic heterocycles. The molecule has 2 nitrogen and oxygen atoms in total. The van der Waals surface area contributed by atoms with E-state index in [0.29, 0.717) is 0 Å². The Kier molecular flexibility index (Phi) is 4.65. The van der Waals surface area contributed by atoms with E-state index in [1.165, 1.54) is 11.1 Å². The van der Waals surface area contributed by atoms with Crippen molar-refractivity contribution in [2.24, 2.45) is 0 Å². The zero-order chi connectivity index (χ0) is 13.1. The van der Waals surface area contributed by atoms with E-state index < -0.39 is 0 Å². The first-order valence-electron chi connectivity index (χ1n) is 5.85. The normalized spacial score (nSPS) is 12.7. The lowest BCUT2D eigenvalue weighted by atomic mass is 10.0. The lowest BCUT2D eigenvalue weighted by molar-refractivity contribution is 0.449. The molecule has 0 aliphatic carbocycles. The molecule has 0 saturated carbocycles. The quantitative estimate of drug-likeness (QED) is 0.832. The van der Waals surface area contributed by atoms with Gasteiger partial charge in [0.05, 0.1) is 16.8 Å². The molecule has 18 heavy (non-hydrogen) atoms. The third-order valence-electron chi connectivity index (χ3n) is 2.78. The zero-order valence-electron chi connectivity index (χ0n) is 10.3. The van der Waals surface area contributed by atoms with Crippen molar-refractivity contribution in [2.75, 3.05) is 6.54 Å². The van der Waals surface area contributed by atoms with Crippen LogP contribution in [0.3, 0.4) is 0 Å². The van der Waals surface area contributed by atoms with Gasteiger partial charge in [0.2, 0.25) is 0 Å². The van der Waals surface area contributed by atoms with Crippen molar-refractivity contribution in [1.82, 2.24) is 5.32 Å². The van der Waals surface area contributed by atoms with Crippen LogP contribution in [-0.4, -0.2) is 6.54 Å². The Morgan fingerprint density at radius 2 is 2.00 bits per heavy atom. The Balaban J connectivity index is 2.45. The second-order valence-corrected chi connectivity index (χ2v) is 5.86. The number of nitrogens with one attached hydrogen (secondary N) is 1. The maximum Gasteiger partial charge on any atom is 0.139 e. The highest BCUT2D eigenvalue weighted by Gasteiger charge is 2.21. The molecule has 96 valence electrons. The summed E-state index contributed by atoms with van der Waals surface area (Å²) in [5.74, 6) is 0.904. The molecular formula is C14H15Br2NO. The molecule has 2 aromatic rings. The first-order valence-corrected chi connectivity index (χ1v) is 7.44. The minimum atomic E-state index is 0.0503. The Labute approximate surface area is 124 Å². The summed E-state index contributed by atoms with van der Waals surface area (Å²) >= 11 is 7.16. The van der Waals surface area contributed by atoms with Gasteiger partial charge in [0, 0.05) is 4.47 Å². The van der Waals surface area contributed by atoms with Crippen molar-refractivity contribution < 1.29 is 4.42 Å². The van der Waals surface area contributed by atoms with E-state index in [1.54, 1.807) is 6.26 Å². The van der Waals surface area contributed by atoms with E-state index in [-0.39, 0.29) is 6.04 Å². The summed E-state index contributed by atoms with van der Waals surface area (Å²) in [6.07, 6.45) is 1.70. The number of rotatable bonds is 4. The predicted molar refractivity (Wildman–Crippen MR) is 80.8 cm³/mol. The first kappa shape index (κ1) is 13.8. The van der Waals surface area contributed by atoms with Crippen molar-refractivity contribution in [3.63, 3.8) is 0 Å². The van der Waals surface area contributed by atoms with Gasteiger partial charge in [-0.2, -0.15) is 0 Å². The first-order chi connectivity index (χ1) is 8.63. The lowest BCUT2D eigenvalue weighted by Crippen LogP contribution is -2.22. The minimum Gasteiger partial charge on any atom is -0.466 e. The van der Waals surface area contributed by atoms with Crippen LogP contribution in [0.5, 0.6) is 0 Å². The smallest absolute Gasteiger partial charge is 0.139 e. The number of benzene rings is 1. The molecule has 1 unspecified atom stereocenters. The van der Waals surface area contributed by atoms with Crippen LogP contribution in [0, 0.1) is 6.92 Å². The highest BCUT2D eigenvalue weighted by molar-refractivity contribution is 9.10. The molecule has 1 heterocycles. The number of aryl methyl sites for hydroxylation is 1. The third kappa shape index (κ3) is 2.87. The number of furan rings is 1. The fourth-order valence-corrected chi connectivity index (χ4v) is 3.08. The van der Waals surface area contributed by atoms with Crippen molar-refractivity contribution >= 4 is 31.9 Å². The molecule has 0 aliphatic rings. The fraction of sp³-hybridized carbons (Fsp3) is 0.286. The van der Waals surface area contributed by atoms with Crippen molar-refractivity contribution in [2.45, 2.75) is 19.9 Å². The summed E-state index contributed by atoms with van der Waals surface area (Å²) in [5.41, 5.74) is 2.41. The summed E-state index contributed by atoms with van der Waals surface area (Å²) in [6.45, 7) is 5.05. The highest BCUT2D eigenvalue weighted by atomic mass is 79.9. The van der Waals surface area contributed by atoms with Gasteiger partial charge in [-0.05, 0) is 52.7 Å². The number of hydrogen-bond donors (Lipinski definition) is 1. The summed E-state index contributed by atoms with van der Waals surface area (Å²) < 4.78 is 7.67. The van der Waals surface area contributed by atoms with Crippen LogP contribution in [0.2, 0.25) is 0 Å². The van der Waals surface area contributed by atoms with E-state index in [9.17, 15) is 0 Å². The van der Waals surface area contributed by atoms with Gasteiger partial charge in [-0.15, -0.1) is 0 Å². The van der Waals surface area contributed by atoms with E-state index in [0.717, 1.165) is 21.3 Å². The molecule has 1 aromatic heterocycles. The van der Waals surface area contributed by atoms with Crippen LogP contribution in [0.4, 0.5) is 0 Å². The van der Waals surface area contributed by atoms with Gasteiger partial charge < -0.3 is 9.73 Å². The molecule has 0 saturated heterocycles. The van der Waals surface area contributed by atoms with Gasteiger partial charge >= 0.3 is 0 Å². The van der Waals surface area contributed by atoms with Gasteiger partial charge in [0.15, 0.2) is 0 Å². The molecule has 1 atom stereocenters. The Morgan fingerprint density at radius 1 is 1.22 bits per heavy atom. The standard InChI is InChI=1S/C14H15Br2NO/c1-3-17-13(14-11(15)6-7-18-14)10-5-4-9(2)8-12(10)16/h4-8,13,17H,3H2,1-2H3. The molecule has 4 heteroatoms. The van der Waals surface area contributed by atoms with E-state index in [2.05, 4.69) is 69.2 Å². The largest absolute Gasteiger partial charge is 0.466 e. The van der Waals surface area contributed by atoms with Crippen LogP contribution >= 0.6 is 31.9 Å². The maximum atomic E-state index is 5.59. The molecule has 2 rings (SSSR count). The maximum absolute atomic E-state index is 5.59. The van der Waals surface area contributed by atoms with E-state index in [4.69, 9.17) is 4.42 Å². The van der Waals surface area contributed by atoms with Crippen LogP contribution in [0.1, 0.15) is 29.9 Å². The van der Waals surface area contributed by atoms with Crippen LogP contribution in [0.25, 0.3) is 0 Å². The van der Waals surface area contributed by atoms with E-state index >= 15 is 0 Å². The molecule has 1 aromatic carbocycles. The summed E-state index contributed by atoms with van der Waals surface area (Å²) in [7, 11) is 0. The van der Waals surface area contributed by atoms with Gasteiger partial charge in [-0.1, -0.05) is 35.0 Å². The predicted octanol–water partition coefficient (Wildman–Crippen LogP) is 4.81. The Bertz CT molecular complexity index is 536. The fourth-order valence-electron chi connectivity index (χ4n) is 1.93. The molecule has 1 N–H and O–H groups in total. The number of hydrogen-bond acceptors (Lipinski definition) is 2. The molecule has 0 amide bonds. The summed E-state index contributed by atoms with van der Waals surface area (Å²) in [6, 6.07) is 8.33. The number of halogens is 2. The summed E-state index contributed by atoms with van der Waals surface area (Å²) in [4.78, 5) is 0. The van der Waals surface area contributed by atoms with Gasteiger partial charge in [0.25, 0.3) is 0 Å². The molecule has 0 bridgehead atoms. The second-order valence-electron chi connectivity index (χ2n) is 4.15. The van der Waals surface area contributed by atoms with Crippen LogP contribution in [0.15, 0.2) is 43.9 Å². The van der Waals surface area contributed by atoms with E-state index in [1.807, 2.05) is 6.07 Å². The van der Waals surface area contributed by atoms with Gasteiger partial charge in [-0.3, -0.25) is 0 Å². The Morgan fingerprint density at radius 3 is 2.56 bits per heavy atom. The van der Waals surface area contributed by atoms with Crippen LogP contribution < -0.4 is 5.32 Å². The van der Waals surface area contributed by atoms with Crippen molar-refractivity contribution in [1.29, 1.82) is 0 Å². The average molecular weight is 373 g/mol. The minimum absolute atomic E-state index is 0.0503. The molecule has 0 fully saturated rings. The average Bonchev–Trinajstić information content (AvgIpc) is 2.73. The summed E-state index contributed by atoms with van der Waals surface area (Å²) in [5, 5.41) is 3.45. The second kappa shape index (κ2) is 6.04. The van der Waals surface area contributed by atoms with Gasteiger partial charge in [-0.25, -0.2) is 0 Å².